The molecule has 0 saturated heterocycles. The summed E-state index contributed by atoms with van der Waals surface area (Å²) < 4.78 is 5.33. The van der Waals surface area contributed by atoms with Gasteiger partial charge in [0.05, 0.1) is 5.02 Å². The van der Waals surface area contributed by atoms with E-state index in [-0.39, 0.29) is 19.1 Å². The van der Waals surface area contributed by atoms with Crippen molar-refractivity contribution in [2.75, 3.05) is 6.61 Å². The number of halogens is 4. The zero-order valence-electron chi connectivity index (χ0n) is 11.2. The van der Waals surface area contributed by atoms with E-state index in [0.29, 0.717) is 25.8 Å². The second-order valence-corrected chi connectivity index (χ2v) is 6.06. The number of nitrogens with one attached hydrogen (secondary N) is 1. The molecule has 0 bridgehead atoms. The van der Waals surface area contributed by atoms with Gasteiger partial charge in [-0.15, -0.1) is 0 Å². The van der Waals surface area contributed by atoms with Gasteiger partial charge in [0.25, 0.3) is 5.91 Å². The van der Waals surface area contributed by atoms with Crippen LogP contribution in [0.2, 0.25) is 20.1 Å². The van der Waals surface area contributed by atoms with Crippen LogP contribution in [-0.2, 0) is 11.3 Å². The second-order valence-electron chi connectivity index (χ2n) is 4.38. The summed E-state index contributed by atoms with van der Waals surface area (Å²) in [6, 6.07) is 9.86. The number of rotatable bonds is 5. The van der Waals surface area contributed by atoms with Crippen molar-refractivity contribution in [1.29, 1.82) is 0 Å². The van der Waals surface area contributed by atoms with Gasteiger partial charge in [0.1, 0.15) is 5.75 Å². The second kappa shape index (κ2) is 7.93. The Morgan fingerprint density at radius 3 is 2.23 bits per heavy atom. The third-order valence-corrected chi connectivity index (χ3v) is 3.86. The molecule has 1 N–H and O–H groups in total. The fraction of sp³-hybridized carbons (Fsp3) is 0.133. The maximum Gasteiger partial charge on any atom is 0.258 e. The highest BCUT2D eigenvalue weighted by Gasteiger charge is 2.08. The average molecular weight is 379 g/mol. The molecule has 0 saturated carbocycles. The Labute approximate surface area is 148 Å². The highest BCUT2D eigenvalue weighted by molar-refractivity contribution is 6.35. The molecule has 7 heteroatoms. The number of ether oxygens (including phenoxy) is 1. The highest BCUT2D eigenvalue weighted by atomic mass is 35.5. The number of carbonyl (C=O) groups excluding carboxylic acids is 1. The summed E-state index contributed by atoms with van der Waals surface area (Å²) in [6.45, 7) is 0.124. The third-order valence-electron chi connectivity index (χ3n) is 2.74. The van der Waals surface area contributed by atoms with Gasteiger partial charge in [-0.1, -0.05) is 52.5 Å². The Morgan fingerprint density at radius 2 is 1.59 bits per heavy atom. The largest absolute Gasteiger partial charge is 0.482 e. The van der Waals surface area contributed by atoms with E-state index in [2.05, 4.69) is 5.32 Å². The van der Waals surface area contributed by atoms with Crippen molar-refractivity contribution in [3.8, 4) is 5.75 Å². The van der Waals surface area contributed by atoms with E-state index < -0.39 is 0 Å². The predicted molar refractivity (Wildman–Crippen MR) is 90.3 cm³/mol. The first-order chi connectivity index (χ1) is 10.5. The monoisotopic (exact) mass is 377 g/mol. The molecule has 0 unspecified atom stereocenters. The normalized spacial score (nSPS) is 10.4. The minimum absolute atomic E-state index is 0.160. The summed E-state index contributed by atoms with van der Waals surface area (Å²) in [7, 11) is 0. The van der Waals surface area contributed by atoms with E-state index in [9.17, 15) is 4.79 Å². The molecule has 2 rings (SSSR count). The van der Waals surface area contributed by atoms with Crippen molar-refractivity contribution in [2.24, 2.45) is 0 Å². The number of hydrogen-bond donors (Lipinski definition) is 1. The van der Waals surface area contributed by atoms with Crippen molar-refractivity contribution < 1.29 is 9.53 Å². The Morgan fingerprint density at radius 1 is 0.955 bits per heavy atom. The number of carbonyl (C=O) groups is 1. The Bertz CT molecular complexity index is 634. The van der Waals surface area contributed by atoms with E-state index in [1.165, 1.54) is 0 Å². The van der Waals surface area contributed by atoms with Gasteiger partial charge in [0, 0.05) is 21.6 Å². The molecule has 2 aromatic rings. The third kappa shape index (κ3) is 4.96. The van der Waals surface area contributed by atoms with Gasteiger partial charge in [-0.2, -0.15) is 0 Å². The van der Waals surface area contributed by atoms with Crippen LogP contribution in [0.25, 0.3) is 0 Å². The van der Waals surface area contributed by atoms with E-state index in [4.69, 9.17) is 51.1 Å². The maximum atomic E-state index is 11.8. The number of benzene rings is 2. The SMILES string of the molecule is O=C(COc1ccc(Cl)cc1Cl)NCc1ccc(Cl)cc1Cl. The first kappa shape index (κ1) is 17.2. The highest BCUT2D eigenvalue weighted by Crippen LogP contribution is 2.27. The van der Waals surface area contributed by atoms with E-state index in [1.54, 1.807) is 36.4 Å². The van der Waals surface area contributed by atoms with E-state index in [1.807, 2.05) is 0 Å². The lowest BCUT2D eigenvalue weighted by molar-refractivity contribution is -0.123. The zero-order valence-corrected chi connectivity index (χ0v) is 14.2. The van der Waals surface area contributed by atoms with Gasteiger partial charge in [-0.25, -0.2) is 0 Å². The summed E-state index contributed by atoms with van der Waals surface area (Å²) in [5, 5.41) is 4.58. The van der Waals surface area contributed by atoms with Crippen molar-refractivity contribution >= 4 is 52.3 Å². The van der Waals surface area contributed by atoms with Gasteiger partial charge in [-0.05, 0) is 35.9 Å². The van der Waals surface area contributed by atoms with Crippen molar-refractivity contribution in [2.45, 2.75) is 6.54 Å². The lowest BCUT2D eigenvalue weighted by Gasteiger charge is -2.10. The molecular formula is C15H11Cl4NO2. The summed E-state index contributed by atoms with van der Waals surface area (Å²) in [4.78, 5) is 11.8. The first-order valence-corrected chi connectivity index (χ1v) is 7.75. The van der Waals surface area contributed by atoms with Crippen LogP contribution in [0.4, 0.5) is 0 Å². The molecule has 0 aliphatic rings. The fourth-order valence-electron chi connectivity index (χ4n) is 1.65. The van der Waals surface area contributed by atoms with Crippen LogP contribution < -0.4 is 10.1 Å². The predicted octanol–water partition coefficient (Wildman–Crippen LogP) is 5.00. The van der Waals surface area contributed by atoms with Gasteiger partial charge in [0.2, 0.25) is 0 Å². The molecule has 0 aliphatic carbocycles. The quantitative estimate of drug-likeness (QED) is 0.795. The minimum atomic E-state index is -0.294. The molecule has 116 valence electrons. The molecular weight excluding hydrogens is 368 g/mol. The van der Waals surface area contributed by atoms with E-state index in [0.717, 1.165) is 5.56 Å². The Hall–Kier alpha value is -1.13. The molecule has 0 heterocycles. The molecule has 0 fully saturated rings. The minimum Gasteiger partial charge on any atom is -0.482 e. The van der Waals surface area contributed by atoms with Crippen LogP contribution in [0.1, 0.15) is 5.56 Å². The van der Waals surface area contributed by atoms with Gasteiger partial charge in [0.15, 0.2) is 6.61 Å². The summed E-state index contributed by atoms with van der Waals surface area (Å²) in [5.74, 6) is 0.0998. The molecule has 3 nitrogen and oxygen atoms in total. The van der Waals surface area contributed by atoms with Crippen LogP contribution >= 0.6 is 46.4 Å². The molecule has 22 heavy (non-hydrogen) atoms. The molecule has 0 aliphatic heterocycles. The number of amides is 1. The van der Waals surface area contributed by atoms with Crippen LogP contribution in [-0.4, -0.2) is 12.5 Å². The van der Waals surface area contributed by atoms with Crippen LogP contribution in [0.3, 0.4) is 0 Å². The van der Waals surface area contributed by atoms with Crippen LogP contribution in [0, 0.1) is 0 Å². The summed E-state index contributed by atoms with van der Waals surface area (Å²) in [5.41, 5.74) is 0.768. The summed E-state index contributed by atoms with van der Waals surface area (Å²) >= 11 is 23.6. The van der Waals surface area contributed by atoms with Gasteiger partial charge in [-0.3, -0.25) is 4.79 Å². The van der Waals surface area contributed by atoms with Gasteiger partial charge >= 0.3 is 0 Å². The molecule has 1 amide bonds. The average Bonchev–Trinajstić information content (AvgIpc) is 2.45. The Balaban J connectivity index is 1.85. The van der Waals surface area contributed by atoms with Crippen LogP contribution in [0.5, 0.6) is 5.75 Å². The standard InChI is InChI=1S/C15H11Cl4NO2/c16-10-2-1-9(12(18)5-10)7-20-15(21)8-22-14-4-3-11(17)6-13(14)19/h1-6H,7-8H2,(H,20,21). The smallest absolute Gasteiger partial charge is 0.258 e. The van der Waals surface area contributed by atoms with Crippen LogP contribution in [0.15, 0.2) is 36.4 Å². The van der Waals surface area contributed by atoms with Gasteiger partial charge < -0.3 is 10.1 Å². The molecule has 0 atom stereocenters. The topological polar surface area (TPSA) is 38.3 Å². The van der Waals surface area contributed by atoms with Crippen molar-refractivity contribution in [3.63, 3.8) is 0 Å². The van der Waals surface area contributed by atoms with E-state index >= 15 is 0 Å². The molecule has 2 aromatic carbocycles. The number of hydrogen-bond acceptors (Lipinski definition) is 2. The summed E-state index contributed by atoms with van der Waals surface area (Å²) in [6.07, 6.45) is 0. The fourth-order valence-corrected chi connectivity index (χ4v) is 2.58. The maximum absolute atomic E-state index is 11.8. The lowest BCUT2D eigenvalue weighted by Crippen LogP contribution is -2.28. The molecule has 0 radical (unpaired) electrons. The molecule has 0 spiro atoms. The van der Waals surface area contributed by atoms with Crippen molar-refractivity contribution in [1.82, 2.24) is 5.32 Å². The lowest BCUT2D eigenvalue weighted by atomic mass is 10.2. The molecule has 0 aromatic heterocycles. The Kier molecular flexibility index (Phi) is 6.21. The first-order valence-electron chi connectivity index (χ1n) is 6.24. The zero-order chi connectivity index (χ0) is 16.1. The van der Waals surface area contributed by atoms with Crippen molar-refractivity contribution in [3.05, 3.63) is 62.1 Å².